The van der Waals surface area contributed by atoms with Gasteiger partial charge in [0.15, 0.2) is 0 Å². The molecule has 2 aliphatic heterocycles. The quantitative estimate of drug-likeness (QED) is 0.637. The van der Waals surface area contributed by atoms with Crippen LogP contribution in [0.1, 0.15) is 38.5 Å². The number of aliphatic hydroxyl groups excluding tert-OH is 1. The second kappa shape index (κ2) is 9.05. The van der Waals surface area contributed by atoms with Crippen LogP contribution in [-0.4, -0.2) is 77.3 Å². The van der Waals surface area contributed by atoms with Crippen LogP contribution in [0.15, 0.2) is 12.4 Å². The van der Waals surface area contributed by atoms with Crippen molar-refractivity contribution in [3.8, 4) is 0 Å². The maximum absolute atomic E-state index is 12.4. The lowest BCUT2D eigenvalue weighted by Gasteiger charge is -2.42. The topological polar surface area (TPSA) is 93.6 Å². The van der Waals surface area contributed by atoms with Gasteiger partial charge >= 0.3 is 0 Å². The predicted octanol–water partition coefficient (Wildman–Crippen LogP) is 0.840. The zero-order valence-electron chi connectivity index (χ0n) is 16.5. The summed E-state index contributed by atoms with van der Waals surface area (Å²) in [6.45, 7) is 4.53. The Balaban J connectivity index is 1.28. The fourth-order valence-electron chi connectivity index (χ4n) is 4.36. The number of hydrogen-bond acceptors (Lipinski definition) is 7. The van der Waals surface area contributed by atoms with E-state index in [0.29, 0.717) is 18.6 Å². The number of likely N-dealkylation sites (tertiary alicyclic amines) is 1. The van der Waals surface area contributed by atoms with Crippen LogP contribution in [0.2, 0.25) is 0 Å². The molecule has 0 spiro atoms. The first-order valence-electron chi connectivity index (χ1n) is 10.7. The fourth-order valence-corrected chi connectivity index (χ4v) is 4.36. The lowest BCUT2D eigenvalue weighted by molar-refractivity contribution is -0.127. The van der Waals surface area contributed by atoms with Gasteiger partial charge in [-0.25, -0.2) is 9.97 Å². The molecular weight excluding hydrogens is 356 g/mol. The Hall–Kier alpha value is -1.93. The van der Waals surface area contributed by atoms with Gasteiger partial charge in [0.1, 0.15) is 18.0 Å². The van der Waals surface area contributed by atoms with Crippen LogP contribution in [0.3, 0.4) is 0 Å². The number of nitrogens with zero attached hydrogens (tertiary/aromatic N) is 4. The van der Waals surface area contributed by atoms with E-state index in [9.17, 15) is 4.79 Å². The normalized spacial score (nSPS) is 24.2. The second-order valence-electron chi connectivity index (χ2n) is 8.25. The highest BCUT2D eigenvalue weighted by Gasteiger charge is 2.33. The van der Waals surface area contributed by atoms with Crippen molar-refractivity contribution in [3.63, 3.8) is 0 Å². The summed E-state index contributed by atoms with van der Waals surface area (Å²) in [5.41, 5.74) is 0. The predicted molar refractivity (Wildman–Crippen MR) is 108 cm³/mol. The van der Waals surface area contributed by atoms with Crippen molar-refractivity contribution in [3.05, 3.63) is 12.4 Å². The van der Waals surface area contributed by atoms with Gasteiger partial charge in [-0.05, 0) is 45.1 Å². The molecule has 8 nitrogen and oxygen atoms in total. The highest BCUT2D eigenvalue weighted by atomic mass is 16.3. The van der Waals surface area contributed by atoms with E-state index in [2.05, 4.69) is 30.4 Å². The maximum Gasteiger partial charge on any atom is 0.224 e. The molecule has 1 aromatic heterocycles. The van der Waals surface area contributed by atoms with E-state index >= 15 is 0 Å². The number of carbonyl (C=O) groups is 1. The number of rotatable bonds is 7. The molecule has 1 atom stereocenters. The van der Waals surface area contributed by atoms with Gasteiger partial charge in [-0.1, -0.05) is 0 Å². The van der Waals surface area contributed by atoms with Crippen molar-refractivity contribution in [2.24, 2.45) is 5.92 Å². The van der Waals surface area contributed by atoms with Crippen molar-refractivity contribution in [2.75, 3.05) is 49.5 Å². The number of anilines is 2. The highest BCUT2D eigenvalue weighted by molar-refractivity contribution is 5.79. The number of aromatic nitrogens is 2. The van der Waals surface area contributed by atoms with Gasteiger partial charge < -0.3 is 20.6 Å². The summed E-state index contributed by atoms with van der Waals surface area (Å²) in [4.78, 5) is 25.9. The van der Waals surface area contributed by atoms with E-state index < -0.39 is 0 Å². The molecule has 3 fully saturated rings. The Morgan fingerprint density at radius 2 is 1.96 bits per heavy atom. The van der Waals surface area contributed by atoms with E-state index in [-0.39, 0.29) is 18.4 Å². The summed E-state index contributed by atoms with van der Waals surface area (Å²) in [5, 5.41) is 15.2. The van der Waals surface area contributed by atoms with Gasteiger partial charge in [0, 0.05) is 44.3 Å². The molecule has 4 rings (SSSR count). The minimum Gasteiger partial charge on any atom is -0.395 e. The van der Waals surface area contributed by atoms with Crippen molar-refractivity contribution in [2.45, 2.75) is 50.6 Å². The van der Waals surface area contributed by atoms with Crippen LogP contribution in [0.25, 0.3) is 0 Å². The molecule has 1 saturated carbocycles. The number of hydrogen-bond donors (Lipinski definition) is 3. The zero-order valence-corrected chi connectivity index (χ0v) is 16.5. The molecule has 1 amide bonds. The Morgan fingerprint density at radius 1 is 1.14 bits per heavy atom. The van der Waals surface area contributed by atoms with Crippen LogP contribution in [0, 0.1) is 5.92 Å². The van der Waals surface area contributed by atoms with Crippen LogP contribution in [-0.2, 0) is 4.79 Å². The first-order chi connectivity index (χ1) is 13.7. The Bertz CT molecular complexity index is 660. The number of amides is 1. The molecule has 0 radical (unpaired) electrons. The van der Waals surface area contributed by atoms with Gasteiger partial charge in [0.05, 0.1) is 12.5 Å². The van der Waals surface area contributed by atoms with E-state index in [1.807, 2.05) is 6.07 Å². The first kappa shape index (κ1) is 19.4. The molecule has 8 heteroatoms. The maximum atomic E-state index is 12.4. The monoisotopic (exact) mass is 388 g/mol. The molecule has 28 heavy (non-hydrogen) atoms. The molecule has 1 aliphatic carbocycles. The SMILES string of the molecule is O=C(NC1CC1)[C@H]1CCCN(C2CCN(c3cc(NCCO)ncn3)CC2)C1. The molecule has 3 N–H and O–H groups in total. The standard InChI is InChI=1S/C20H32N6O2/c27-11-7-21-18-12-19(23-14-22-18)25-9-5-17(6-10-25)26-8-1-2-15(13-26)20(28)24-16-3-4-16/h12,14-17,27H,1-11,13H2,(H,24,28)(H,21,22,23)/t15-/m0/s1. The van der Waals surface area contributed by atoms with Gasteiger partial charge in [-0.15, -0.1) is 0 Å². The third-order valence-electron chi connectivity index (χ3n) is 6.12. The summed E-state index contributed by atoms with van der Waals surface area (Å²) in [6.07, 6.45) is 8.23. The number of aliphatic hydroxyl groups is 1. The summed E-state index contributed by atoms with van der Waals surface area (Å²) in [5.74, 6) is 2.12. The molecule has 0 aromatic carbocycles. The average molecular weight is 389 g/mol. The summed E-state index contributed by atoms with van der Waals surface area (Å²) >= 11 is 0. The zero-order chi connectivity index (χ0) is 19.3. The van der Waals surface area contributed by atoms with E-state index in [4.69, 9.17) is 5.11 Å². The molecule has 0 unspecified atom stereocenters. The van der Waals surface area contributed by atoms with Gasteiger partial charge in [0.2, 0.25) is 5.91 Å². The summed E-state index contributed by atoms with van der Waals surface area (Å²) in [6, 6.07) is 2.96. The highest BCUT2D eigenvalue weighted by Crippen LogP contribution is 2.27. The average Bonchev–Trinajstić information content (AvgIpc) is 3.57. The molecule has 154 valence electrons. The minimum absolute atomic E-state index is 0.0836. The molecule has 0 bridgehead atoms. The van der Waals surface area contributed by atoms with Crippen molar-refractivity contribution < 1.29 is 9.90 Å². The van der Waals surface area contributed by atoms with Crippen LogP contribution in [0.5, 0.6) is 0 Å². The van der Waals surface area contributed by atoms with Crippen molar-refractivity contribution in [1.29, 1.82) is 0 Å². The van der Waals surface area contributed by atoms with Crippen LogP contribution >= 0.6 is 0 Å². The third kappa shape index (κ3) is 4.91. The molecule has 3 aliphatic rings. The molecule has 1 aromatic rings. The third-order valence-corrected chi connectivity index (χ3v) is 6.12. The van der Waals surface area contributed by atoms with Gasteiger partial charge in [0.25, 0.3) is 0 Å². The summed E-state index contributed by atoms with van der Waals surface area (Å²) in [7, 11) is 0. The van der Waals surface area contributed by atoms with Crippen molar-refractivity contribution in [1.82, 2.24) is 20.2 Å². The van der Waals surface area contributed by atoms with Gasteiger partial charge in [-0.2, -0.15) is 0 Å². The van der Waals surface area contributed by atoms with E-state index in [1.54, 1.807) is 6.33 Å². The smallest absolute Gasteiger partial charge is 0.224 e. The Kier molecular flexibility index (Phi) is 6.26. The molecule has 2 saturated heterocycles. The Morgan fingerprint density at radius 3 is 2.71 bits per heavy atom. The summed E-state index contributed by atoms with van der Waals surface area (Å²) < 4.78 is 0. The fraction of sp³-hybridized carbons (Fsp3) is 0.750. The second-order valence-corrected chi connectivity index (χ2v) is 8.25. The van der Waals surface area contributed by atoms with Gasteiger partial charge in [-0.3, -0.25) is 9.69 Å². The molecular formula is C20H32N6O2. The van der Waals surface area contributed by atoms with E-state index in [0.717, 1.165) is 76.3 Å². The van der Waals surface area contributed by atoms with E-state index in [1.165, 1.54) is 0 Å². The first-order valence-corrected chi connectivity index (χ1v) is 10.7. The molecule has 3 heterocycles. The minimum atomic E-state index is 0.0836. The van der Waals surface area contributed by atoms with Crippen LogP contribution in [0.4, 0.5) is 11.6 Å². The Labute approximate surface area is 166 Å². The number of nitrogens with one attached hydrogen (secondary N) is 2. The largest absolute Gasteiger partial charge is 0.395 e. The lowest BCUT2D eigenvalue weighted by atomic mass is 9.93. The van der Waals surface area contributed by atoms with Crippen molar-refractivity contribution >= 4 is 17.5 Å². The van der Waals surface area contributed by atoms with Crippen LogP contribution < -0.4 is 15.5 Å². The lowest BCUT2D eigenvalue weighted by Crippen LogP contribution is -2.51. The number of piperidine rings is 2. The number of carbonyl (C=O) groups excluding carboxylic acids is 1.